The van der Waals surface area contributed by atoms with Crippen LogP contribution in [0.25, 0.3) is 11.2 Å². The molecule has 8 N–H and O–H groups in total. The third-order valence-corrected chi connectivity index (χ3v) is 18.0. The number of nitrogens with zero attached hydrogens (tertiary/aromatic N) is 5. The second kappa shape index (κ2) is 29.6. The molecule has 1 radical (unpaired) electrons. The van der Waals surface area contributed by atoms with Gasteiger partial charge in [0.2, 0.25) is 11.6 Å². The van der Waals surface area contributed by atoms with Gasteiger partial charge in [0.15, 0.2) is 16.9 Å². The van der Waals surface area contributed by atoms with Gasteiger partial charge in [-0.1, -0.05) is 55.8 Å². The van der Waals surface area contributed by atoms with Crippen molar-refractivity contribution in [1.29, 1.82) is 0 Å². The molecule has 0 unspecified atom stereocenters. The van der Waals surface area contributed by atoms with Crippen LogP contribution in [0.2, 0.25) is 0 Å². The third-order valence-electron chi connectivity index (χ3n) is 15.7. The van der Waals surface area contributed by atoms with Crippen molar-refractivity contribution in [1.82, 2.24) is 25.3 Å². The van der Waals surface area contributed by atoms with Crippen LogP contribution in [0.1, 0.15) is 122 Å². The summed E-state index contributed by atoms with van der Waals surface area (Å²) in [6.45, 7) is 10.6. The molecule has 3 aliphatic rings. The fourth-order valence-electron chi connectivity index (χ4n) is 11.3. The van der Waals surface area contributed by atoms with Gasteiger partial charge in [0.25, 0.3) is 31.7 Å². The van der Waals surface area contributed by atoms with Crippen molar-refractivity contribution in [3.05, 3.63) is 187 Å². The van der Waals surface area contributed by atoms with Crippen LogP contribution in [0.4, 0.5) is 23.0 Å². The number of aromatic nitrogens is 4. The number of aromatic amines is 1. The second-order valence-electron chi connectivity index (χ2n) is 23.2. The third kappa shape index (κ3) is 18.2. The maximum absolute atomic E-state index is 13.7. The van der Waals surface area contributed by atoms with E-state index in [4.69, 9.17) is 10.5 Å². The maximum atomic E-state index is 13.7. The molecule has 0 saturated heterocycles. The number of carboxylic acids is 1. The van der Waals surface area contributed by atoms with Gasteiger partial charge < -0.3 is 35.7 Å². The molecule has 23 nitrogen and oxygen atoms in total. The van der Waals surface area contributed by atoms with Crippen molar-refractivity contribution in [2.75, 3.05) is 40.5 Å². The van der Waals surface area contributed by atoms with Gasteiger partial charge >= 0.3 is 5.97 Å². The zero-order valence-electron chi connectivity index (χ0n) is 54.5. The Hall–Kier alpha value is -6.61. The van der Waals surface area contributed by atoms with Crippen molar-refractivity contribution in [3.8, 4) is 5.75 Å². The zero-order chi connectivity index (χ0) is 67.7. The molecule has 1 aliphatic carbocycles. The smallest absolute Gasteiger partial charge is 0.326 e. The minimum Gasteiger partial charge on any atom is -0.748 e. The molecule has 6 aromatic rings. The molecule has 0 spiro atoms. The van der Waals surface area contributed by atoms with Crippen LogP contribution in [0.3, 0.4) is 0 Å². The largest absolute Gasteiger partial charge is 0.748 e. The fourth-order valence-corrected chi connectivity index (χ4v) is 13.1. The van der Waals surface area contributed by atoms with E-state index < -0.39 is 118 Å². The Morgan fingerprint density at radius 1 is 0.879 bits per heavy atom. The SMILES string of the molecule is [2H]c1c([2H])c(OC2=C(/C=C/C3=[N+](CCCCS(=O)(=O)[O-])c4ccc(CS(=O)(=O)O)cc4C3(C)C)CCC/C2=C\C=C2\N(CCCCS(=O)(=O)O)c3ccc(C)cc3C2(C)C)c([2H])c([2H])c1C[C@H](NC(=O)c1ccc(NCc2cnc3nc(N)[nH]c(=O)c3n2)cc1)C(=O)O.[W].[Y]. The summed E-state index contributed by atoms with van der Waals surface area (Å²) in [5.74, 6) is -4.46. The first-order valence-electron chi connectivity index (χ1n) is 30.6. The molecular formula is C63H71N9O14S3WY. The number of rotatable bonds is 25. The maximum Gasteiger partial charge on any atom is 0.326 e. The number of nitrogens with one attached hydrogen (secondary N) is 3. The van der Waals surface area contributed by atoms with Crippen LogP contribution in [-0.4, -0.2) is 117 Å². The summed E-state index contributed by atoms with van der Waals surface area (Å²) < 4.78 is 148. The van der Waals surface area contributed by atoms with Crippen LogP contribution < -0.4 is 31.6 Å². The van der Waals surface area contributed by atoms with Crippen molar-refractivity contribution >= 4 is 82.1 Å². The number of anilines is 3. The number of amides is 1. The number of carbonyl (C=O) groups excluding carboxylic acids is 1. The van der Waals surface area contributed by atoms with E-state index in [1.807, 2.05) is 55.7 Å². The van der Waals surface area contributed by atoms with E-state index in [1.54, 1.807) is 36.4 Å². The Balaban J connectivity index is 0.00000638. The predicted molar refractivity (Wildman–Crippen MR) is 337 cm³/mol. The number of nitrogen functional groups attached to an aromatic ring is 1. The number of H-pyrrole nitrogens is 1. The van der Waals surface area contributed by atoms with Gasteiger partial charge in [-0.2, -0.15) is 26.4 Å². The van der Waals surface area contributed by atoms with Gasteiger partial charge in [0.05, 0.1) is 45.2 Å². The first-order valence-corrected chi connectivity index (χ1v) is 33.4. The fraction of sp³-hybridized carbons (Fsp3) is 0.349. The summed E-state index contributed by atoms with van der Waals surface area (Å²) in [5, 5.41) is 16.0. The van der Waals surface area contributed by atoms with E-state index in [2.05, 4.69) is 55.4 Å². The number of allylic oxidation sites excluding steroid dienone is 7. The minimum absolute atomic E-state index is 0. The van der Waals surface area contributed by atoms with Crippen LogP contribution in [0.5, 0.6) is 5.75 Å². The number of hydrogen-bond donors (Lipinski definition) is 7. The van der Waals surface area contributed by atoms with Crippen LogP contribution >= 0.6 is 0 Å². The Labute approximate surface area is 573 Å². The number of unbranched alkanes of at least 4 members (excludes halogenated alkanes) is 2. The number of aliphatic carboxylic acids is 1. The second-order valence-corrected chi connectivity index (χ2v) is 27.7. The summed E-state index contributed by atoms with van der Waals surface area (Å²) in [7, 11) is -13.2. The first kappa shape index (κ1) is 65.9. The number of nitrogens with two attached hydrogens (primary N) is 1. The number of ether oxygens (including phenoxy) is 1. The van der Waals surface area contributed by atoms with Gasteiger partial charge in [-0.05, 0) is 148 Å². The van der Waals surface area contributed by atoms with Crippen molar-refractivity contribution in [3.63, 3.8) is 0 Å². The molecule has 1 atom stereocenters. The summed E-state index contributed by atoms with van der Waals surface area (Å²) in [6, 6.07) is 12.6. The average molecular weight is 1550 g/mol. The number of hydrogen-bond acceptors (Lipinski definition) is 17. The molecule has 0 bridgehead atoms. The predicted octanol–water partition coefficient (Wildman–Crippen LogP) is 8.08. The Kier molecular flexibility index (Phi) is 21.4. The van der Waals surface area contributed by atoms with Crippen molar-refractivity contribution < 1.29 is 122 Å². The van der Waals surface area contributed by atoms with E-state index in [0.29, 0.717) is 77.3 Å². The monoisotopic (exact) mass is 1550 g/mol. The molecule has 0 fully saturated rings. The molecule has 479 valence electrons. The number of aryl methyl sites for hydroxylation is 1. The Morgan fingerprint density at radius 2 is 1.59 bits per heavy atom. The van der Waals surface area contributed by atoms with Gasteiger partial charge in [-0.25, -0.2) is 23.2 Å². The molecule has 1 amide bonds. The standard InChI is InChI=1S/C63H71N9O14S3.W.Y/c1-39-13-25-51-48(33-39)62(2,3)53(71(51)29-6-8-31-87(77,78)79)27-19-42-11-10-12-43(20-28-54-63(4,5)49-34-41(38-89(83,84)85)16-26-52(49)72(54)30-7-9-32-88(80,81)82)56(42)86-47-23-14-40(15-24-47)35-50(60(75)76)68-58(73)44-17-21-45(22-18-44)65-36-46-37-66-57-55(67-46)59(74)70-61(64)69-57;;/h13-28,33-34,37,50H,6-12,29-32,35-36,38H2,1-5H3,(H8-,64,65,66,68,69,70,73,74,75,76,77,78,79,80,81,82,83,84,85);;/t50-;;/m0../s1/i14D,15D,23D,24D;;. The van der Waals surface area contributed by atoms with E-state index in [9.17, 15) is 63.9 Å². The van der Waals surface area contributed by atoms with E-state index in [0.717, 1.165) is 22.5 Å². The molecule has 9 rings (SSSR count). The Bertz CT molecular complexity index is 4580. The number of carboxylic acid groups (broad SMARTS) is 1. The Morgan fingerprint density at radius 3 is 2.27 bits per heavy atom. The van der Waals surface area contributed by atoms with Crippen LogP contribution in [-0.2, 0) is 118 Å². The van der Waals surface area contributed by atoms with Gasteiger partial charge in [-0.3, -0.25) is 23.7 Å². The topological polar surface area (TPSA) is 357 Å². The quantitative estimate of drug-likeness (QED) is 0.0162. The summed E-state index contributed by atoms with van der Waals surface area (Å²) in [6.07, 6.45) is 10.3. The van der Waals surface area contributed by atoms with E-state index in [1.165, 1.54) is 18.3 Å². The molecule has 2 aromatic heterocycles. The van der Waals surface area contributed by atoms with Gasteiger partial charge in [-0.15, -0.1) is 0 Å². The molecule has 91 heavy (non-hydrogen) atoms. The van der Waals surface area contributed by atoms with Crippen molar-refractivity contribution in [2.45, 2.75) is 115 Å². The number of benzene rings is 4. The number of carbonyl (C=O) groups is 2. The van der Waals surface area contributed by atoms with Gasteiger partial charge in [0.1, 0.15) is 29.8 Å². The molecular weight excluding hydrogens is 1480 g/mol. The van der Waals surface area contributed by atoms with Crippen LogP contribution in [0, 0.1) is 6.92 Å². The number of fused-ring (bicyclic) bond motifs is 3. The molecule has 2 aliphatic heterocycles. The van der Waals surface area contributed by atoms with Crippen molar-refractivity contribution in [2.24, 2.45) is 0 Å². The molecule has 28 heteroatoms. The normalized spacial score (nSPS) is 17.2. The van der Waals surface area contributed by atoms with E-state index in [-0.39, 0.29) is 120 Å². The summed E-state index contributed by atoms with van der Waals surface area (Å²) in [4.78, 5) is 55.7. The molecule has 0 saturated carbocycles. The van der Waals surface area contributed by atoms with E-state index >= 15 is 0 Å². The summed E-state index contributed by atoms with van der Waals surface area (Å²) >= 11 is 0. The summed E-state index contributed by atoms with van der Waals surface area (Å²) in [5.41, 5.74) is 11.4. The van der Waals surface area contributed by atoms with Crippen LogP contribution in [0.15, 0.2) is 143 Å². The molecule has 4 heterocycles. The average Bonchev–Trinajstić information content (AvgIpc) is 1.62. The molecule has 4 aromatic carbocycles. The van der Waals surface area contributed by atoms with Gasteiger partial charge in [0, 0.05) is 125 Å². The first-order chi connectivity index (χ1) is 43.6. The minimum atomic E-state index is -4.53. The zero-order valence-corrected chi connectivity index (χ0v) is 58.7.